The van der Waals surface area contributed by atoms with E-state index in [-0.39, 0.29) is 4.90 Å². The minimum atomic E-state index is -3.71. The molecule has 1 aliphatic carbocycles. The quantitative estimate of drug-likeness (QED) is 0.737. The smallest absolute Gasteiger partial charge is 0.306 e. The van der Waals surface area contributed by atoms with Crippen molar-refractivity contribution in [1.29, 1.82) is 0 Å². The van der Waals surface area contributed by atoms with E-state index in [1.54, 1.807) is 24.3 Å². The highest BCUT2D eigenvalue weighted by atomic mass is 32.3. The van der Waals surface area contributed by atoms with Crippen LogP contribution in [0.4, 0.5) is 0 Å². The van der Waals surface area contributed by atoms with Gasteiger partial charge in [0.15, 0.2) is 0 Å². The molecule has 4 nitrogen and oxygen atoms in total. The van der Waals surface area contributed by atoms with Crippen LogP contribution in [-0.2, 0) is 18.5 Å². The summed E-state index contributed by atoms with van der Waals surface area (Å²) in [6.45, 7) is 2.49. The first-order valence-corrected chi connectivity index (χ1v) is 12.1. The normalized spacial score (nSPS) is 18.0. The average Bonchev–Trinajstić information content (AvgIpc) is 2.47. The van der Waals surface area contributed by atoms with E-state index in [2.05, 4.69) is 0 Å². The van der Waals surface area contributed by atoms with Crippen LogP contribution in [0.2, 0.25) is 0 Å². The molecule has 0 amide bonds. The van der Waals surface area contributed by atoms with E-state index >= 15 is 0 Å². The number of aryl methyl sites for hydroxylation is 1. The Bertz CT molecular complexity index is 588. The predicted octanol–water partition coefficient (Wildman–Crippen LogP) is 4.03. The standard InChI is InChI=1S/C17H28O4S2/c1-15-9-11-17(12-10-15)23(18,19)21-22(2,3)14-13-20-16-7-5-4-6-8-16/h9-12,16H,4-8,13-14H2,1-3H3. The summed E-state index contributed by atoms with van der Waals surface area (Å²) in [5.74, 6) is 0.634. The third-order valence-corrected chi connectivity index (χ3v) is 8.25. The van der Waals surface area contributed by atoms with E-state index < -0.39 is 20.4 Å². The van der Waals surface area contributed by atoms with Crippen LogP contribution < -0.4 is 0 Å². The summed E-state index contributed by atoms with van der Waals surface area (Å²) >= 11 is 0. The molecule has 0 spiro atoms. The fraction of sp³-hybridized carbons (Fsp3) is 0.647. The van der Waals surface area contributed by atoms with Crippen molar-refractivity contribution in [2.75, 3.05) is 24.9 Å². The summed E-state index contributed by atoms with van der Waals surface area (Å²) in [6, 6.07) is 6.76. The fourth-order valence-corrected chi connectivity index (χ4v) is 6.16. The lowest BCUT2D eigenvalue weighted by molar-refractivity contribution is 0.0380. The van der Waals surface area contributed by atoms with Gasteiger partial charge >= 0.3 is 10.1 Å². The zero-order valence-electron chi connectivity index (χ0n) is 14.3. The van der Waals surface area contributed by atoms with Crippen molar-refractivity contribution in [3.05, 3.63) is 29.8 Å². The molecule has 1 aliphatic rings. The maximum absolute atomic E-state index is 12.4. The molecule has 0 radical (unpaired) electrons. The zero-order chi connectivity index (χ0) is 16.9. The van der Waals surface area contributed by atoms with Crippen molar-refractivity contribution in [2.45, 2.75) is 50.0 Å². The van der Waals surface area contributed by atoms with Crippen molar-refractivity contribution in [3.63, 3.8) is 0 Å². The van der Waals surface area contributed by atoms with Crippen LogP contribution >= 0.6 is 10.3 Å². The Kier molecular flexibility index (Phi) is 6.54. The van der Waals surface area contributed by atoms with Crippen molar-refractivity contribution < 1.29 is 16.8 Å². The van der Waals surface area contributed by atoms with Crippen molar-refractivity contribution >= 4 is 20.4 Å². The molecule has 1 aromatic rings. The number of hydrogen-bond donors (Lipinski definition) is 0. The van der Waals surface area contributed by atoms with Gasteiger partial charge in [-0.15, -0.1) is 10.3 Å². The Morgan fingerprint density at radius 3 is 2.26 bits per heavy atom. The monoisotopic (exact) mass is 360 g/mol. The molecular weight excluding hydrogens is 332 g/mol. The molecule has 1 aromatic carbocycles. The van der Waals surface area contributed by atoms with Gasteiger partial charge in [0.05, 0.1) is 17.6 Å². The topological polar surface area (TPSA) is 52.6 Å². The second kappa shape index (κ2) is 8.01. The Labute approximate surface area is 142 Å². The zero-order valence-corrected chi connectivity index (χ0v) is 15.9. The van der Waals surface area contributed by atoms with Crippen LogP contribution in [0.3, 0.4) is 0 Å². The van der Waals surface area contributed by atoms with E-state index in [1.165, 1.54) is 19.3 Å². The highest BCUT2D eigenvalue weighted by Gasteiger charge is 2.25. The van der Waals surface area contributed by atoms with Gasteiger partial charge in [0, 0.05) is 5.75 Å². The van der Waals surface area contributed by atoms with Crippen LogP contribution in [-0.4, -0.2) is 39.4 Å². The molecule has 0 aromatic heterocycles. The third kappa shape index (κ3) is 6.10. The highest BCUT2D eigenvalue weighted by Crippen LogP contribution is 2.44. The average molecular weight is 361 g/mol. The van der Waals surface area contributed by atoms with Gasteiger partial charge in [0.25, 0.3) is 0 Å². The molecule has 2 rings (SSSR count). The maximum atomic E-state index is 12.4. The molecule has 0 atom stereocenters. The van der Waals surface area contributed by atoms with Crippen molar-refractivity contribution in [2.24, 2.45) is 0 Å². The SMILES string of the molecule is Cc1ccc(S(=O)(=O)OS(C)(C)CCOC2CCCCC2)cc1. The van der Waals surface area contributed by atoms with Crippen molar-refractivity contribution in [3.8, 4) is 0 Å². The maximum Gasteiger partial charge on any atom is 0.306 e. The van der Waals surface area contributed by atoms with E-state index in [0.717, 1.165) is 18.4 Å². The molecule has 0 aliphatic heterocycles. The number of ether oxygens (including phenoxy) is 1. The van der Waals surface area contributed by atoms with Crippen LogP contribution in [0.15, 0.2) is 29.2 Å². The Hall–Kier alpha value is -0.560. The minimum Gasteiger partial charge on any atom is -0.377 e. The fourth-order valence-electron chi connectivity index (χ4n) is 2.67. The Morgan fingerprint density at radius 1 is 1.04 bits per heavy atom. The number of rotatable bonds is 7. The predicted molar refractivity (Wildman–Crippen MR) is 96.6 cm³/mol. The van der Waals surface area contributed by atoms with Crippen LogP contribution in [0.1, 0.15) is 37.7 Å². The summed E-state index contributed by atoms with van der Waals surface area (Å²) < 4.78 is 36.2. The lowest BCUT2D eigenvalue weighted by atomic mass is 9.98. The molecule has 132 valence electrons. The molecule has 23 heavy (non-hydrogen) atoms. The first kappa shape index (κ1) is 18.8. The van der Waals surface area contributed by atoms with Crippen LogP contribution in [0.5, 0.6) is 0 Å². The van der Waals surface area contributed by atoms with Gasteiger partial charge in [-0.05, 0) is 44.4 Å². The molecule has 0 saturated heterocycles. The van der Waals surface area contributed by atoms with Gasteiger partial charge in [0.2, 0.25) is 0 Å². The largest absolute Gasteiger partial charge is 0.377 e. The van der Waals surface area contributed by atoms with Gasteiger partial charge in [0.1, 0.15) is 0 Å². The third-order valence-electron chi connectivity index (χ3n) is 4.06. The Balaban J connectivity index is 1.87. The first-order valence-electron chi connectivity index (χ1n) is 8.14. The van der Waals surface area contributed by atoms with E-state index in [0.29, 0.717) is 18.5 Å². The molecule has 0 heterocycles. The second-order valence-corrected chi connectivity index (χ2v) is 11.8. The van der Waals surface area contributed by atoms with Crippen LogP contribution in [0, 0.1) is 6.92 Å². The summed E-state index contributed by atoms with van der Waals surface area (Å²) in [7, 11) is -5.42. The lowest BCUT2D eigenvalue weighted by Crippen LogP contribution is -2.21. The molecule has 1 fully saturated rings. The highest BCUT2D eigenvalue weighted by molar-refractivity contribution is 8.32. The lowest BCUT2D eigenvalue weighted by Gasteiger charge is -2.31. The molecule has 0 unspecified atom stereocenters. The summed E-state index contributed by atoms with van der Waals surface area (Å²) in [5, 5.41) is 0. The Morgan fingerprint density at radius 2 is 1.65 bits per heavy atom. The molecule has 0 N–H and O–H groups in total. The van der Waals surface area contributed by atoms with Gasteiger partial charge in [-0.2, -0.15) is 8.42 Å². The van der Waals surface area contributed by atoms with E-state index in [4.69, 9.17) is 8.37 Å². The van der Waals surface area contributed by atoms with Gasteiger partial charge in [-0.25, -0.2) is 3.63 Å². The molecule has 0 bridgehead atoms. The summed E-state index contributed by atoms with van der Waals surface area (Å²) in [6.07, 6.45) is 10.1. The molecule has 6 heteroatoms. The van der Waals surface area contributed by atoms with Gasteiger partial charge < -0.3 is 4.74 Å². The van der Waals surface area contributed by atoms with Crippen molar-refractivity contribution in [1.82, 2.24) is 0 Å². The summed E-state index contributed by atoms with van der Waals surface area (Å²) in [5.41, 5.74) is 1.02. The van der Waals surface area contributed by atoms with Gasteiger partial charge in [-0.3, -0.25) is 0 Å². The van der Waals surface area contributed by atoms with E-state index in [1.807, 2.05) is 19.4 Å². The van der Waals surface area contributed by atoms with Crippen LogP contribution in [0.25, 0.3) is 0 Å². The number of benzene rings is 1. The minimum absolute atomic E-state index is 0.219. The first-order chi connectivity index (χ1) is 10.8. The van der Waals surface area contributed by atoms with E-state index in [9.17, 15) is 8.42 Å². The molecule has 1 saturated carbocycles. The summed E-state index contributed by atoms with van der Waals surface area (Å²) in [4.78, 5) is 0.219. The second-order valence-electron chi connectivity index (χ2n) is 6.61. The van der Waals surface area contributed by atoms with Gasteiger partial charge in [-0.1, -0.05) is 37.0 Å². The number of hydrogen-bond acceptors (Lipinski definition) is 4. The molecular formula is C17H28O4S2.